The number of aryl methyl sites for hydroxylation is 2. The van der Waals surface area contributed by atoms with Gasteiger partial charge in [0.15, 0.2) is 0 Å². The second kappa shape index (κ2) is 6.08. The van der Waals surface area contributed by atoms with Crippen LogP contribution in [0.15, 0.2) is 49.6 Å². The highest BCUT2D eigenvalue weighted by atomic mass is 16.3. The Morgan fingerprint density at radius 1 is 1.05 bits per heavy atom. The number of hydrogen-bond acceptors (Lipinski definition) is 7. The van der Waals surface area contributed by atoms with Crippen LogP contribution in [0.3, 0.4) is 0 Å². The lowest BCUT2D eigenvalue weighted by molar-refractivity contribution is 0.527. The first kappa shape index (κ1) is 13.8. The molecule has 0 aliphatic carbocycles. The standard InChI is InChI=1S/C14H14N6O2/c1-10-3-5-12(21-10)7-15-18-14-19-16-9-20(14)17-8-13-6-4-11(2)22-13/h3-9H,1-2H3,(H,18,19)/b15-7-,17-8+. The van der Waals surface area contributed by atoms with E-state index in [0.29, 0.717) is 17.5 Å². The van der Waals surface area contributed by atoms with E-state index in [-0.39, 0.29) is 0 Å². The van der Waals surface area contributed by atoms with Crippen molar-refractivity contribution in [3.8, 4) is 0 Å². The second-order valence-corrected chi connectivity index (χ2v) is 4.51. The summed E-state index contributed by atoms with van der Waals surface area (Å²) in [6, 6.07) is 7.37. The van der Waals surface area contributed by atoms with E-state index < -0.39 is 0 Å². The summed E-state index contributed by atoms with van der Waals surface area (Å²) in [5.41, 5.74) is 2.75. The van der Waals surface area contributed by atoms with Crippen molar-refractivity contribution < 1.29 is 8.83 Å². The lowest BCUT2D eigenvalue weighted by atomic mass is 10.4. The minimum Gasteiger partial charge on any atom is -0.460 e. The molecule has 0 saturated heterocycles. The number of nitrogens with one attached hydrogen (secondary N) is 1. The average molecular weight is 298 g/mol. The molecule has 0 spiro atoms. The first-order chi connectivity index (χ1) is 10.7. The fourth-order valence-electron chi connectivity index (χ4n) is 1.71. The van der Waals surface area contributed by atoms with Gasteiger partial charge in [-0.1, -0.05) is 0 Å². The molecule has 0 aromatic carbocycles. The molecule has 0 bridgehead atoms. The Morgan fingerprint density at radius 2 is 1.73 bits per heavy atom. The van der Waals surface area contributed by atoms with Crippen LogP contribution < -0.4 is 5.43 Å². The summed E-state index contributed by atoms with van der Waals surface area (Å²) in [5.74, 6) is 3.31. The average Bonchev–Trinajstić information content (AvgIpc) is 3.20. The lowest BCUT2D eigenvalue weighted by Crippen LogP contribution is -1.98. The molecule has 1 N–H and O–H groups in total. The highest BCUT2D eigenvalue weighted by molar-refractivity contribution is 5.77. The van der Waals surface area contributed by atoms with Crippen LogP contribution in [-0.2, 0) is 0 Å². The number of hydrogen-bond donors (Lipinski definition) is 1. The van der Waals surface area contributed by atoms with Gasteiger partial charge in [-0.2, -0.15) is 14.9 Å². The Labute approximate surface area is 126 Å². The largest absolute Gasteiger partial charge is 0.460 e. The Hall–Kier alpha value is -3.16. The molecule has 3 heterocycles. The van der Waals surface area contributed by atoms with Crippen molar-refractivity contribution in [3.63, 3.8) is 0 Å². The van der Waals surface area contributed by atoms with Crippen LogP contribution in [0.1, 0.15) is 23.0 Å². The third-order valence-corrected chi connectivity index (χ3v) is 2.72. The number of nitrogens with zero attached hydrogens (tertiary/aromatic N) is 5. The zero-order chi connectivity index (χ0) is 15.4. The fraction of sp³-hybridized carbons (Fsp3) is 0.143. The molecule has 0 unspecified atom stereocenters. The van der Waals surface area contributed by atoms with Crippen molar-refractivity contribution in [3.05, 3.63) is 53.6 Å². The summed E-state index contributed by atoms with van der Waals surface area (Å²) in [6.07, 6.45) is 4.58. The molecule has 0 aliphatic heterocycles. The van der Waals surface area contributed by atoms with Crippen molar-refractivity contribution in [1.82, 2.24) is 14.9 Å². The van der Waals surface area contributed by atoms with E-state index >= 15 is 0 Å². The predicted molar refractivity (Wildman–Crippen MR) is 81.1 cm³/mol. The molecule has 3 aromatic heterocycles. The zero-order valence-electron chi connectivity index (χ0n) is 12.1. The van der Waals surface area contributed by atoms with Gasteiger partial charge in [0.05, 0.1) is 12.4 Å². The van der Waals surface area contributed by atoms with Gasteiger partial charge in [-0.25, -0.2) is 5.43 Å². The predicted octanol–water partition coefficient (Wildman–Crippen LogP) is 2.41. The summed E-state index contributed by atoms with van der Waals surface area (Å²) in [4.78, 5) is 0. The number of anilines is 1. The Kier molecular flexibility index (Phi) is 3.82. The molecule has 0 fully saturated rings. The van der Waals surface area contributed by atoms with Gasteiger partial charge in [0.25, 0.3) is 5.95 Å². The van der Waals surface area contributed by atoms with Crippen molar-refractivity contribution in [1.29, 1.82) is 0 Å². The van der Waals surface area contributed by atoms with Gasteiger partial charge in [0, 0.05) is 0 Å². The quantitative estimate of drug-likeness (QED) is 0.576. The van der Waals surface area contributed by atoms with Crippen LogP contribution >= 0.6 is 0 Å². The van der Waals surface area contributed by atoms with Gasteiger partial charge >= 0.3 is 0 Å². The zero-order valence-corrected chi connectivity index (χ0v) is 12.1. The van der Waals surface area contributed by atoms with Crippen LogP contribution in [0.4, 0.5) is 5.95 Å². The molecular formula is C14H14N6O2. The lowest BCUT2D eigenvalue weighted by Gasteiger charge is -1.97. The maximum absolute atomic E-state index is 5.40. The molecule has 0 aliphatic rings. The molecule has 0 amide bonds. The third kappa shape index (κ3) is 3.29. The van der Waals surface area contributed by atoms with Gasteiger partial charge in [-0.05, 0) is 38.1 Å². The van der Waals surface area contributed by atoms with Gasteiger partial charge < -0.3 is 8.83 Å². The van der Waals surface area contributed by atoms with Crippen LogP contribution in [0, 0.1) is 13.8 Å². The summed E-state index contributed by atoms with van der Waals surface area (Å²) in [7, 11) is 0. The highest BCUT2D eigenvalue weighted by Crippen LogP contribution is 2.06. The molecule has 3 rings (SSSR count). The summed E-state index contributed by atoms with van der Waals surface area (Å²) in [6.45, 7) is 3.74. The normalized spacial score (nSPS) is 11.7. The molecule has 0 atom stereocenters. The van der Waals surface area contributed by atoms with E-state index in [9.17, 15) is 0 Å². The number of hydrazone groups is 1. The van der Waals surface area contributed by atoms with Crippen LogP contribution in [0.2, 0.25) is 0 Å². The Balaban J connectivity index is 1.67. The van der Waals surface area contributed by atoms with E-state index in [1.807, 2.05) is 38.1 Å². The molecular weight excluding hydrogens is 284 g/mol. The maximum atomic E-state index is 5.40. The molecule has 22 heavy (non-hydrogen) atoms. The van der Waals surface area contributed by atoms with E-state index in [4.69, 9.17) is 8.83 Å². The number of rotatable bonds is 5. The van der Waals surface area contributed by atoms with Gasteiger partial charge in [0.1, 0.15) is 29.4 Å². The maximum Gasteiger partial charge on any atom is 0.265 e. The van der Waals surface area contributed by atoms with Crippen LogP contribution in [0.25, 0.3) is 0 Å². The molecule has 0 saturated carbocycles. The minimum absolute atomic E-state index is 0.374. The first-order valence-corrected chi connectivity index (χ1v) is 6.57. The minimum atomic E-state index is 0.374. The molecule has 112 valence electrons. The first-order valence-electron chi connectivity index (χ1n) is 6.57. The van der Waals surface area contributed by atoms with Crippen molar-refractivity contribution >= 4 is 18.4 Å². The van der Waals surface area contributed by atoms with Crippen molar-refractivity contribution in [2.75, 3.05) is 5.43 Å². The summed E-state index contributed by atoms with van der Waals surface area (Å²) < 4.78 is 12.2. The van der Waals surface area contributed by atoms with Crippen LogP contribution in [0.5, 0.6) is 0 Å². The van der Waals surface area contributed by atoms with Crippen molar-refractivity contribution in [2.24, 2.45) is 10.2 Å². The molecule has 8 nitrogen and oxygen atoms in total. The fourth-order valence-corrected chi connectivity index (χ4v) is 1.71. The van der Waals surface area contributed by atoms with Gasteiger partial charge in [-0.3, -0.25) is 0 Å². The summed E-state index contributed by atoms with van der Waals surface area (Å²) in [5, 5.41) is 15.9. The van der Waals surface area contributed by atoms with E-state index in [0.717, 1.165) is 11.5 Å². The van der Waals surface area contributed by atoms with Crippen LogP contribution in [-0.4, -0.2) is 27.3 Å². The monoisotopic (exact) mass is 298 g/mol. The van der Waals surface area contributed by atoms with Crippen molar-refractivity contribution in [2.45, 2.75) is 13.8 Å². The topological polar surface area (TPSA) is 93.7 Å². The number of aromatic nitrogens is 3. The number of furan rings is 2. The highest BCUT2D eigenvalue weighted by Gasteiger charge is 2.01. The smallest absolute Gasteiger partial charge is 0.265 e. The SMILES string of the molecule is Cc1ccc(/C=N\Nc2nncn2/N=C/c2ccc(C)o2)o1. The molecule has 0 radical (unpaired) electrons. The Bertz CT molecular complexity index is 811. The summed E-state index contributed by atoms with van der Waals surface area (Å²) >= 11 is 0. The third-order valence-electron chi connectivity index (χ3n) is 2.72. The Morgan fingerprint density at radius 3 is 2.36 bits per heavy atom. The van der Waals surface area contributed by atoms with Gasteiger partial charge in [0.2, 0.25) is 0 Å². The molecule has 3 aromatic rings. The van der Waals surface area contributed by atoms with E-state index in [1.54, 1.807) is 12.4 Å². The van der Waals surface area contributed by atoms with E-state index in [1.165, 1.54) is 11.0 Å². The van der Waals surface area contributed by atoms with E-state index in [2.05, 4.69) is 25.8 Å². The molecule has 8 heteroatoms. The van der Waals surface area contributed by atoms with Gasteiger partial charge in [-0.15, -0.1) is 10.2 Å². The second-order valence-electron chi connectivity index (χ2n) is 4.51.